The second-order valence-corrected chi connectivity index (χ2v) is 5.90. The molecule has 0 atom stereocenters. The molecule has 1 aromatic rings. The first-order valence-electron chi connectivity index (χ1n) is 6.22. The van der Waals surface area contributed by atoms with Crippen molar-refractivity contribution in [3.05, 3.63) is 33.8 Å². The number of aliphatic carboxylic acids is 1. The van der Waals surface area contributed by atoms with E-state index in [0.717, 1.165) is 22.0 Å². The third-order valence-electron chi connectivity index (χ3n) is 3.60. The zero-order valence-corrected chi connectivity index (χ0v) is 12.3. The number of carbonyl (C=O) groups excluding carboxylic acids is 1. The predicted octanol–water partition coefficient (Wildman–Crippen LogP) is 2.42. The van der Waals surface area contributed by atoms with Crippen LogP contribution in [0.3, 0.4) is 0 Å². The molecule has 0 spiro atoms. The van der Waals surface area contributed by atoms with Gasteiger partial charge >= 0.3 is 5.97 Å². The van der Waals surface area contributed by atoms with Gasteiger partial charge in [0.1, 0.15) is 5.54 Å². The SMILES string of the molecule is Cc1ccc(CC(=O)NC2(C(=O)O)CCC2)cc1Br. The van der Waals surface area contributed by atoms with Crippen LogP contribution in [-0.2, 0) is 16.0 Å². The van der Waals surface area contributed by atoms with Gasteiger partial charge in [0, 0.05) is 4.47 Å². The molecule has 2 N–H and O–H groups in total. The van der Waals surface area contributed by atoms with Gasteiger partial charge in [0.25, 0.3) is 0 Å². The van der Waals surface area contributed by atoms with E-state index in [1.54, 1.807) is 0 Å². The number of carbonyl (C=O) groups is 2. The van der Waals surface area contributed by atoms with Crippen LogP contribution < -0.4 is 5.32 Å². The fourth-order valence-electron chi connectivity index (χ4n) is 2.17. The smallest absolute Gasteiger partial charge is 0.329 e. The van der Waals surface area contributed by atoms with E-state index in [4.69, 9.17) is 5.11 Å². The zero-order chi connectivity index (χ0) is 14.0. The number of carboxylic acid groups (broad SMARTS) is 1. The topological polar surface area (TPSA) is 66.4 Å². The number of aryl methyl sites for hydroxylation is 1. The Bertz CT molecular complexity index is 523. The highest BCUT2D eigenvalue weighted by molar-refractivity contribution is 9.10. The Morgan fingerprint density at radius 3 is 2.58 bits per heavy atom. The van der Waals surface area contributed by atoms with Gasteiger partial charge in [0.15, 0.2) is 0 Å². The van der Waals surface area contributed by atoms with Crippen LogP contribution in [0.25, 0.3) is 0 Å². The molecule has 0 saturated heterocycles. The molecule has 19 heavy (non-hydrogen) atoms. The number of halogens is 1. The van der Waals surface area contributed by atoms with Crippen molar-refractivity contribution in [2.45, 2.75) is 38.1 Å². The Hall–Kier alpha value is -1.36. The summed E-state index contributed by atoms with van der Waals surface area (Å²) in [4.78, 5) is 23.1. The maximum atomic E-state index is 11.9. The van der Waals surface area contributed by atoms with Crippen molar-refractivity contribution in [2.75, 3.05) is 0 Å². The minimum Gasteiger partial charge on any atom is -0.480 e. The Labute approximate surface area is 120 Å². The number of amides is 1. The zero-order valence-electron chi connectivity index (χ0n) is 10.7. The molecule has 1 fully saturated rings. The van der Waals surface area contributed by atoms with Crippen LogP contribution in [0.2, 0.25) is 0 Å². The summed E-state index contributed by atoms with van der Waals surface area (Å²) in [6.45, 7) is 1.97. The fraction of sp³-hybridized carbons (Fsp3) is 0.429. The first kappa shape index (κ1) is 14.1. The van der Waals surface area contributed by atoms with Crippen LogP contribution in [-0.4, -0.2) is 22.5 Å². The van der Waals surface area contributed by atoms with Crippen LogP contribution in [0, 0.1) is 6.92 Å². The van der Waals surface area contributed by atoms with Gasteiger partial charge in [-0.3, -0.25) is 4.79 Å². The lowest BCUT2D eigenvalue weighted by Crippen LogP contribution is -2.59. The number of nitrogens with one attached hydrogen (secondary N) is 1. The highest BCUT2D eigenvalue weighted by Gasteiger charge is 2.45. The normalized spacial score (nSPS) is 16.5. The molecular formula is C14H16BrNO3. The van der Waals surface area contributed by atoms with Crippen LogP contribution in [0.4, 0.5) is 0 Å². The summed E-state index contributed by atoms with van der Waals surface area (Å²) in [6, 6.07) is 5.71. The van der Waals surface area contributed by atoms with Crippen LogP contribution in [0.1, 0.15) is 30.4 Å². The monoisotopic (exact) mass is 325 g/mol. The molecule has 0 aromatic heterocycles. The Kier molecular flexibility index (Phi) is 3.94. The summed E-state index contributed by atoms with van der Waals surface area (Å²) >= 11 is 3.42. The average Bonchev–Trinajstić information content (AvgIpc) is 2.28. The summed E-state index contributed by atoms with van der Waals surface area (Å²) in [5.74, 6) is -1.17. The molecule has 5 heteroatoms. The van der Waals surface area contributed by atoms with Crippen LogP contribution >= 0.6 is 15.9 Å². The van der Waals surface area contributed by atoms with Crippen molar-refractivity contribution in [1.29, 1.82) is 0 Å². The van der Waals surface area contributed by atoms with Gasteiger partial charge in [-0.2, -0.15) is 0 Å². The first-order valence-corrected chi connectivity index (χ1v) is 7.02. The second-order valence-electron chi connectivity index (χ2n) is 5.05. The van der Waals surface area contributed by atoms with E-state index in [2.05, 4.69) is 21.2 Å². The van der Waals surface area contributed by atoms with E-state index >= 15 is 0 Å². The van der Waals surface area contributed by atoms with Gasteiger partial charge in [0.05, 0.1) is 6.42 Å². The molecule has 1 aliphatic rings. The molecule has 0 unspecified atom stereocenters. The molecule has 1 aliphatic carbocycles. The van der Waals surface area contributed by atoms with E-state index in [1.165, 1.54) is 0 Å². The van der Waals surface area contributed by atoms with Crippen molar-refractivity contribution in [3.63, 3.8) is 0 Å². The van der Waals surface area contributed by atoms with Gasteiger partial charge in [-0.25, -0.2) is 4.79 Å². The lowest BCUT2D eigenvalue weighted by atomic mass is 9.76. The molecule has 1 amide bonds. The van der Waals surface area contributed by atoms with Crippen molar-refractivity contribution < 1.29 is 14.7 Å². The summed E-state index contributed by atoms with van der Waals surface area (Å²) < 4.78 is 0.953. The van der Waals surface area contributed by atoms with Crippen molar-refractivity contribution in [2.24, 2.45) is 0 Å². The summed E-state index contributed by atoms with van der Waals surface area (Å²) in [5, 5.41) is 11.8. The summed E-state index contributed by atoms with van der Waals surface area (Å²) in [6.07, 6.45) is 2.09. The van der Waals surface area contributed by atoms with E-state index < -0.39 is 11.5 Å². The highest BCUT2D eigenvalue weighted by Crippen LogP contribution is 2.32. The Morgan fingerprint density at radius 1 is 1.42 bits per heavy atom. The van der Waals surface area contributed by atoms with Gasteiger partial charge in [-0.05, 0) is 43.4 Å². The molecule has 4 nitrogen and oxygen atoms in total. The fourth-order valence-corrected chi connectivity index (χ4v) is 2.59. The largest absolute Gasteiger partial charge is 0.480 e. The van der Waals surface area contributed by atoms with Gasteiger partial charge in [0.2, 0.25) is 5.91 Å². The maximum absolute atomic E-state index is 11.9. The van der Waals surface area contributed by atoms with Crippen molar-refractivity contribution >= 4 is 27.8 Å². The highest BCUT2D eigenvalue weighted by atomic mass is 79.9. The third kappa shape index (κ3) is 2.97. The van der Waals surface area contributed by atoms with E-state index in [0.29, 0.717) is 12.8 Å². The number of hydrogen-bond acceptors (Lipinski definition) is 2. The van der Waals surface area contributed by atoms with Gasteiger partial charge in [-0.15, -0.1) is 0 Å². The Balaban J connectivity index is 2.01. The van der Waals surface area contributed by atoms with Crippen molar-refractivity contribution in [1.82, 2.24) is 5.32 Å². The summed E-state index contributed by atoms with van der Waals surface area (Å²) in [7, 11) is 0. The minimum absolute atomic E-state index is 0.202. The lowest BCUT2D eigenvalue weighted by Gasteiger charge is -2.38. The first-order chi connectivity index (χ1) is 8.93. The molecule has 0 radical (unpaired) electrons. The molecule has 102 valence electrons. The van der Waals surface area contributed by atoms with Crippen LogP contribution in [0.5, 0.6) is 0 Å². The quantitative estimate of drug-likeness (QED) is 0.893. The molecular weight excluding hydrogens is 310 g/mol. The molecule has 0 heterocycles. The van der Waals surface area contributed by atoms with Gasteiger partial charge in [-0.1, -0.05) is 28.1 Å². The molecule has 0 bridgehead atoms. The van der Waals surface area contributed by atoms with E-state index in [-0.39, 0.29) is 12.3 Å². The third-order valence-corrected chi connectivity index (χ3v) is 4.45. The predicted molar refractivity (Wildman–Crippen MR) is 74.9 cm³/mol. The lowest BCUT2D eigenvalue weighted by molar-refractivity contribution is -0.151. The van der Waals surface area contributed by atoms with Gasteiger partial charge < -0.3 is 10.4 Å². The molecule has 0 aliphatic heterocycles. The summed E-state index contributed by atoms with van der Waals surface area (Å²) in [5.41, 5.74) is 0.943. The van der Waals surface area contributed by atoms with Crippen LogP contribution in [0.15, 0.2) is 22.7 Å². The van der Waals surface area contributed by atoms with Crippen molar-refractivity contribution in [3.8, 4) is 0 Å². The maximum Gasteiger partial charge on any atom is 0.329 e. The number of hydrogen-bond donors (Lipinski definition) is 2. The number of carboxylic acids is 1. The number of benzene rings is 1. The standard InChI is InChI=1S/C14H16BrNO3/c1-9-3-4-10(7-11(9)15)8-12(17)16-14(13(18)19)5-2-6-14/h3-4,7H,2,5-6,8H2,1H3,(H,16,17)(H,18,19). The second kappa shape index (κ2) is 5.33. The Morgan fingerprint density at radius 2 is 2.11 bits per heavy atom. The molecule has 1 aromatic carbocycles. The van der Waals surface area contributed by atoms with E-state index in [9.17, 15) is 9.59 Å². The number of rotatable bonds is 4. The van der Waals surface area contributed by atoms with E-state index in [1.807, 2.05) is 25.1 Å². The molecule has 1 saturated carbocycles. The average molecular weight is 326 g/mol. The molecule has 2 rings (SSSR count). The minimum atomic E-state index is -1.03.